The van der Waals surface area contributed by atoms with Crippen LogP contribution < -0.4 is 0 Å². The van der Waals surface area contributed by atoms with Crippen LogP contribution in [0.3, 0.4) is 0 Å². The van der Waals surface area contributed by atoms with Gasteiger partial charge in [-0.2, -0.15) is 9.57 Å². The van der Waals surface area contributed by atoms with Crippen LogP contribution in [0.1, 0.15) is 25.7 Å². The van der Waals surface area contributed by atoms with Gasteiger partial charge in [0.05, 0.1) is 11.0 Å². The number of hydrogen-bond donors (Lipinski definition) is 0. The molecule has 0 radical (unpaired) electrons. The maximum atomic E-state index is 13.3. The number of nitriles is 1. The van der Waals surface area contributed by atoms with Crippen molar-refractivity contribution in [3.05, 3.63) is 30.1 Å². The maximum absolute atomic E-state index is 13.3. The molecule has 0 bridgehead atoms. The number of nitrogens with zero attached hydrogens (tertiary/aromatic N) is 3. The molecule has 1 heterocycles. The molecule has 1 aliphatic carbocycles. The van der Waals surface area contributed by atoms with E-state index in [1.807, 2.05) is 0 Å². The lowest BCUT2D eigenvalue weighted by molar-refractivity contribution is -0.140. The number of halogens is 1. The van der Waals surface area contributed by atoms with Crippen molar-refractivity contribution in [1.82, 2.24) is 9.21 Å². The summed E-state index contributed by atoms with van der Waals surface area (Å²) in [7, 11) is -3.78. The van der Waals surface area contributed by atoms with Crippen molar-refractivity contribution in [3.63, 3.8) is 0 Å². The second-order valence-electron chi connectivity index (χ2n) is 6.55. The summed E-state index contributed by atoms with van der Waals surface area (Å²) in [5, 5.41) is 9.43. The molecule has 6 nitrogen and oxygen atoms in total. The Hall–Kier alpha value is -1.98. The number of carbonyl (C=O) groups excluding carboxylic acids is 1. The van der Waals surface area contributed by atoms with Crippen molar-refractivity contribution in [2.24, 2.45) is 5.41 Å². The molecule has 2 fully saturated rings. The van der Waals surface area contributed by atoms with Crippen LogP contribution in [-0.4, -0.2) is 49.7 Å². The van der Waals surface area contributed by atoms with Gasteiger partial charge in [-0.1, -0.05) is 18.9 Å². The van der Waals surface area contributed by atoms with E-state index in [0.717, 1.165) is 18.9 Å². The highest BCUT2D eigenvalue weighted by molar-refractivity contribution is 7.89. The quantitative estimate of drug-likeness (QED) is 0.817. The molecule has 1 saturated heterocycles. The van der Waals surface area contributed by atoms with Crippen LogP contribution in [0.5, 0.6) is 0 Å². The van der Waals surface area contributed by atoms with Crippen LogP contribution in [0.4, 0.5) is 4.39 Å². The van der Waals surface area contributed by atoms with E-state index in [1.54, 1.807) is 4.90 Å². The van der Waals surface area contributed by atoms with E-state index in [4.69, 9.17) is 0 Å². The van der Waals surface area contributed by atoms with E-state index in [2.05, 4.69) is 6.07 Å². The zero-order valence-electron chi connectivity index (χ0n) is 13.8. The normalized spacial score (nSPS) is 21.0. The highest BCUT2D eigenvalue weighted by Gasteiger charge is 2.45. The van der Waals surface area contributed by atoms with Gasteiger partial charge in [-0.05, 0) is 31.0 Å². The molecule has 2 aliphatic rings. The molecule has 3 rings (SSSR count). The molecule has 0 atom stereocenters. The van der Waals surface area contributed by atoms with Crippen molar-refractivity contribution in [3.8, 4) is 6.07 Å². The standard InChI is InChI=1S/C17H20FN3O3S/c18-14-4-3-5-15(12-14)25(23,24)21-10-8-20(9-11-21)16(22)17(13-19)6-1-2-7-17/h3-5,12H,1-2,6-11H2. The number of sulfonamides is 1. The van der Waals surface area contributed by atoms with Crippen LogP contribution in [0.2, 0.25) is 0 Å². The minimum Gasteiger partial charge on any atom is -0.339 e. The lowest BCUT2D eigenvalue weighted by Crippen LogP contribution is -2.53. The van der Waals surface area contributed by atoms with Gasteiger partial charge in [0.25, 0.3) is 0 Å². The summed E-state index contributed by atoms with van der Waals surface area (Å²) in [6, 6.07) is 7.09. The molecule has 25 heavy (non-hydrogen) atoms. The van der Waals surface area contributed by atoms with Crippen molar-refractivity contribution < 1.29 is 17.6 Å². The number of benzene rings is 1. The summed E-state index contributed by atoms with van der Waals surface area (Å²) in [5.74, 6) is -0.789. The van der Waals surface area contributed by atoms with Crippen molar-refractivity contribution in [2.45, 2.75) is 30.6 Å². The van der Waals surface area contributed by atoms with E-state index in [1.165, 1.54) is 22.5 Å². The topological polar surface area (TPSA) is 81.5 Å². The number of hydrogen-bond acceptors (Lipinski definition) is 4. The summed E-state index contributed by atoms with van der Waals surface area (Å²) >= 11 is 0. The average molecular weight is 365 g/mol. The SMILES string of the molecule is N#CC1(C(=O)N2CCN(S(=O)(=O)c3cccc(F)c3)CC2)CCCC1. The van der Waals surface area contributed by atoms with Gasteiger partial charge in [-0.15, -0.1) is 0 Å². The molecule has 0 unspecified atom stereocenters. The summed E-state index contributed by atoms with van der Waals surface area (Å²) in [4.78, 5) is 14.2. The molecule has 1 aliphatic heterocycles. The lowest BCUT2D eigenvalue weighted by atomic mass is 9.86. The molecule has 1 aromatic rings. The third kappa shape index (κ3) is 3.26. The zero-order valence-corrected chi connectivity index (χ0v) is 14.6. The van der Waals surface area contributed by atoms with Gasteiger partial charge >= 0.3 is 0 Å². The molecular weight excluding hydrogens is 345 g/mol. The van der Waals surface area contributed by atoms with Gasteiger partial charge in [0.2, 0.25) is 15.9 Å². The van der Waals surface area contributed by atoms with Crippen LogP contribution in [0, 0.1) is 22.6 Å². The summed E-state index contributed by atoms with van der Waals surface area (Å²) in [5.41, 5.74) is -0.941. The van der Waals surface area contributed by atoms with Gasteiger partial charge in [-0.3, -0.25) is 4.79 Å². The lowest BCUT2D eigenvalue weighted by Gasteiger charge is -2.37. The first-order chi connectivity index (χ1) is 11.9. The van der Waals surface area contributed by atoms with E-state index in [-0.39, 0.29) is 37.0 Å². The molecule has 0 N–H and O–H groups in total. The molecule has 1 aromatic carbocycles. The Morgan fingerprint density at radius 2 is 1.80 bits per heavy atom. The monoisotopic (exact) mass is 365 g/mol. The molecule has 0 spiro atoms. The Kier molecular flexibility index (Phi) is 4.80. The number of piperazine rings is 1. The van der Waals surface area contributed by atoms with E-state index in [9.17, 15) is 22.9 Å². The van der Waals surface area contributed by atoms with Crippen LogP contribution in [0.25, 0.3) is 0 Å². The Morgan fingerprint density at radius 3 is 2.36 bits per heavy atom. The average Bonchev–Trinajstić information content (AvgIpc) is 3.11. The second kappa shape index (κ2) is 6.73. The predicted octanol–water partition coefficient (Wildman–Crippen LogP) is 1.74. The van der Waals surface area contributed by atoms with Gasteiger partial charge < -0.3 is 4.90 Å². The number of rotatable bonds is 3. The number of carbonyl (C=O) groups is 1. The first kappa shape index (κ1) is 17.8. The molecule has 1 amide bonds. The number of amides is 1. The van der Waals surface area contributed by atoms with Gasteiger partial charge in [0, 0.05) is 26.2 Å². The minimum atomic E-state index is -3.78. The molecular formula is C17H20FN3O3S. The van der Waals surface area contributed by atoms with Gasteiger partial charge in [0.1, 0.15) is 11.2 Å². The molecule has 134 valence electrons. The third-order valence-corrected chi connectivity index (χ3v) is 6.93. The molecule has 0 aromatic heterocycles. The second-order valence-corrected chi connectivity index (χ2v) is 8.49. The summed E-state index contributed by atoms with van der Waals surface area (Å²) in [6.07, 6.45) is 2.88. The summed E-state index contributed by atoms with van der Waals surface area (Å²) in [6.45, 7) is 0.784. The minimum absolute atomic E-state index is 0.0865. The fraction of sp³-hybridized carbons (Fsp3) is 0.529. The highest BCUT2D eigenvalue weighted by Crippen LogP contribution is 2.39. The van der Waals surface area contributed by atoms with Crippen LogP contribution >= 0.6 is 0 Å². The Morgan fingerprint density at radius 1 is 1.16 bits per heavy atom. The van der Waals surface area contributed by atoms with Crippen molar-refractivity contribution in [2.75, 3.05) is 26.2 Å². The van der Waals surface area contributed by atoms with E-state index in [0.29, 0.717) is 12.8 Å². The van der Waals surface area contributed by atoms with E-state index < -0.39 is 21.3 Å². The Labute approximate surface area is 146 Å². The first-order valence-corrected chi connectivity index (χ1v) is 9.79. The molecule has 1 saturated carbocycles. The fourth-order valence-corrected chi connectivity index (χ4v) is 5.02. The Balaban J connectivity index is 1.70. The van der Waals surface area contributed by atoms with Crippen molar-refractivity contribution >= 4 is 15.9 Å². The maximum Gasteiger partial charge on any atom is 0.243 e. The van der Waals surface area contributed by atoms with Crippen LogP contribution in [-0.2, 0) is 14.8 Å². The van der Waals surface area contributed by atoms with Crippen molar-refractivity contribution in [1.29, 1.82) is 5.26 Å². The molecule has 8 heteroatoms. The highest BCUT2D eigenvalue weighted by atomic mass is 32.2. The van der Waals surface area contributed by atoms with Gasteiger partial charge in [0.15, 0.2) is 0 Å². The summed E-state index contributed by atoms with van der Waals surface area (Å²) < 4.78 is 39.8. The van der Waals surface area contributed by atoms with E-state index >= 15 is 0 Å². The van der Waals surface area contributed by atoms with Crippen LogP contribution in [0.15, 0.2) is 29.2 Å². The Bertz CT molecular complexity index is 805. The fourth-order valence-electron chi connectivity index (χ4n) is 3.56. The smallest absolute Gasteiger partial charge is 0.243 e. The largest absolute Gasteiger partial charge is 0.339 e. The first-order valence-electron chi connectivity index (χ1n) is 8.35. The zero-order chi connectivity index (χ0) is 18.1. The third-order valence-electron chi connectivity index (χ3n) is 5.04. The predicted molar refractivity (Wildman–Crippen MR) is 88.3 cm³/mol. The van der Waals surface area contributed by atoms with Gasteiger partial charge in [-0.25, -0.2) is 12.8 Å².